The molecular weight excluding hydrogens is 348 g/mol. The Kier molecular flexibility index (Phi) is 4.10. The Morgan fingerprint density at radius 2 is 1.92 bits per heavy atom. The summed E-state index contributed by atoms with van der Waals surface area (Å²) in [6, 6.07) is 13.9. The molecule has 2 heterocycles. The van der Waals surface area contributed by atoms with Gasteiger partial charge in [0, 0.05) is 28.8 Å². The number of amides is 1. The zero-order valence-electron chi connectivity index (χ0n) is 13.9. The smallest absolute Gasteiger partial charge is 0.257 e. The fourth-order valence-electron chi connectivity index (χ4n) is 2.65. The molecule has 0 aliphatic rings. The number of hydrogen-bond acceptors (Lipinski definition) is 5. The van der Waals surface area contributed by atoms with Gasteiger partial charge in [0.25, 0.3) is 5.91 Å². The molecule has 1 N–H and O–H groups in total. The molecule has 0 fully saturated rings. The number of fused-ring (bicyclic) bond motifs is 1. The number of nitrogens with one attached hydrogen (secondary N) is 1. The van der Waals surface area contributed by atoms with Gasteiger partial charge in [-0.05, 0) is 31.2 Å². The zero-order chi connectivity index (χ0) is 18.1. The molecule has 0 bridgehead atoms. The molecule has 4 rings (SSSR count). The maximum Gasteiger partial charge on any atom is 0.257 e. The molecule has 0 saturated carbocycles. The maximum absolute atomic E-state index is 12.3. The molecule has 0 unspecified atom stereocenters. The SMILES string of the molecule is Cc1ccc2oc(-c3ccc(C(=O)Nc4nccs4)cc3)cc(=O)c2c1. The van der Waals surface area contributed by atoms with Crippen LogP contribution in [0.5, 0.6) is 0 Å². The van der Waals surface area contributed by atoms with Crippen molar-refractivity contribution in [3.63, 3.8) is 0 Å². The third kappa shape index (κ3) is 3.14. The average molecular weight is 362 g/mol. The van der Waals surface area contributed by atoms with Gasteiger partial charge in [0.1, 0.15) is 11.3 Å². The van der Waals surface area contributed by atoms with Crippen LogP contribution in [0.4, 0.5) is 5.13 Å². The first-order valence-corrected chi connectivity index (χ1v) is 8.84. The van der Waals surface area contributed by atoms with Crippen molar-refractivity contribution in [1.82, 2.24) is 4.98 Å². The molecule has 0 radical (unpaired) electrons. The van der Waals surface area contributed by atoms with E-state index in [0.29, 0.717) is 27.4 Å². The van der Waals surface area contributed by atoms with Crippen LogP contribution in [-0.4, -0.2) is 10.9 Å². The van der Waals surface area contributed by atoms with Gasteiger partial charge in [-0.15, -0.1) is 11.3 Å². The lowest BCUT2D eigenvalue weighted by molar-refractivity contribution is 0.102. The fraction of sp³-hybridized carbons (Fsp3) is 0.0500. The summed E-state index contributed by atoms with van der Waals surface area (Å²) in [7, 11) is 0. The van der Waals surface area contributed by atoms with E-state index < -0.39 is 0 Å². The number of aromatic nitrogens is 1. The van der Waals surface area contributed by atoms with Gasteiger partial charge in [-0.1, -0.05) is 23.8 Å². The predicted molar refractivity (Wildman–Crippen MR) is 103 cm³/mol. The highest BCUT2D eigenvalue weighted by Gasteiger charge is 2.10. The van der Waals surface area contributed by atoms with Crippen molar-refractivity contribution in [2.45, 2.75) is 6.92 Å². The normalized spacial score (nSPS) is 10.8. The number of thiazole rings is 1. The predicted octanol–water partition coefficient (Wildman–Crippen LogP) is 4.48. The summed E-state index contributed by atoms with van der Waals surface area (Å²) in [5, 5.41) is 5.64. The lowest BCUT2D eigenvalue weighted by atomic mass is 10.1. The van der Waals surface area contributed by atoms with Crippen molar-refractivity contribution in [1.29, 1.82) is 0 Å². The van der Waals surface area contributed by atoms with Crippen LogP contribution < -0.4 is 10.7 Å². The first kappa shape index (κ1) is 16.2. The minimum atomic E-state index is -0.234. The lowest BCUT2D eigenvalue weighted by Crippen LogP contribution is -2.11. The Bertz CT molecular complexity index is 1150. The van der Waals surface area contributed by atoms with Crippen LogP contribution in [-0.2, 0) is 0 Å². The van der Waals surface area contributed by atoms with Crippen LogP contribution in [0.2, 0.25) is 0 Å². The Hall–Kier alpha value is -3.25. The number of carbonyl (C=O) groups is 1. The van der Waals surface area contributed by atoms with Crippen molar-refractivity contribution in [2.24, 2.45) is 0 Å². The number of rotatable bonds is 3. The van der Waals surface area contributed by atoms with Crippen LogP contribution in [0.25, 0.3) is 22.3 Å². The number of benzene rings is 2. The summed E-state index contributed by atoms with van der Waals surface area (Å²) >= 11 is 1.36. The molecule has 1 amide bonds. The van der Waals surface area contributed by atoms with Gasteiger partial charge < -0.3 is 4.42 Å². The van der Waals surface area contributed by atoms with E-state index in [2.05, 4.69) is 10.3 Å². The average Bonchev–Trinajstić information content (AvgIpc) is 3.15. The van der Waals surface area contributed by atoms with Crippen LogP contribution >= 0.6 is 11.3 Å². The van der Waals surface area contributed by atoms with Gasteiger partial charge in [-0.2, -0.15) is 0 Å². The highest BCUT2D eigenvalue weighted by Crippen LogP contribution is 2.23. The monoisotopic (exact) mass is 362 g/mol. The molecule has 5 nitrogen and oxygen atoms in total. The van der Waals surface area contributed by atoms with Gasteiger partial charge in [0.05, 0.1) is 5.39 Å². The second-order valence-corrected chi connectivity index (χ2v) is 6.74. The topological polar surface area (TPSA) is 72.2 Å². The van der Waals surface area contributed by atoms with E-state index in [4.69, 9.17) is 4.42 Å². The number of nitrogens with zero attached hydrogens (tertiary/aromatic N) is 1. The van der Waals surface area contributed by atoms with Crippen molar-refractivity contribution >= 4 is 33.3 Å². The number of carbonyl (C=O) groups excluding carboxylic acids is 1. The third-order valence-electron chi connectivity index (χ3n) is 3.97. The van der Waals surface area contributed by atoms with Crippen LogP contribution in [0, 0.1) is 6.92 Å². The number of anilines is 1. The van der Waals surface area contributed by atoms with E-state index in [0.717, 1.165) is 11.1 Å². The quantitative estimate of drug-likeness (QED) is 0.583. The molecule has 0 saturated heterocycles. The molecule has 0 aliphatic heterocycles. The molecule has 4 aromatic rings. The molecule has 128 valence electrons. The zero-order valence-corrected chi connectivity index (χ0v) is 14.7. The summed E-state index contributed by atoms with van der Waals surface area (Å²) in [5.41, 5.74) is 2.70. The standard InChI is InChI=1S/C20H14N2O3S/c1-12-2-7-17-15(10-12)16(23)11-18(25-17)13-3-5-14(6-4-13)19(24)22-20-21-8-9-26-20/h2-11H,1H3,(H,21,22,24). The summed E-state index contributed by atoms with van der Waals surface area (Å²) in [6.45, 7) is 1.93. The Morgan fingerprint density at radius 1 is 1.12 bits per heavy atom. The van der Waals surface area contributed by atoms with E-state index in [-0.39, 0.29) is 11.3 Å². The second kappa shape index (κ2) is 6.57. The van der Waals surface area contributed by atoms with Gasteiger partial charge in [-0.25, -0.2) is 4.98 Å². The van der Waals surface area contributed by atoms with Crippen LogP contribution in [0.1, 0.15) is 15.9 Å². The van der Waals surface area contributed by atoms with Crippen LogP contribution in [0.3, 0.4) is 0 Å². The van der Waals surface area contributed by atoms with E-state index in [1.165, 1.54) is 17.4 Å². The van der Waals surface area contributed by atoms with Gasteiger partial charge in [0.15, 0.2) is 10.6 Å². The van der Waals surface area contributed by atoms with E-state index in [9.17, 15) is 9.59 Å². The molecule has 0 aliphatic carbocycles. The number of hydrogen-bond donors (Lipinski definition) is 1. The highest BCUT2D eigenvalue weighted by molar-refractivity contribution is 7.13. The van der Waals surface area contributed by atoms with E-state index >= 15 is 0 Å². The molecule has 2 aromatic carbocycles. The van der Waals surface area contributed by atoms with Crippen LogP contribution in [0.15, 0.2) is 69.3 Å². The molecule has 2 aromatic heterocycles. The fourth-order valence-corrected chi connectivity index (χ4v) is 3.18. The maximum atomic E-state index is 12.3. The molecular formula is C20H14N2O3S. The minimum Gasteiger partial charge on any atom is -0.456 e. The highest BCUT2D eigenvalue weighted by atomic mass is 32.1. The molecule has 0 spiro atoms. The number of aryl methyl sites for hydroxylation is 1. The van der Waals surface area contributed by atoms with Crippen molar-refractivity contribution in [3.05, 3.63) is 81.5 Å². The van der Waals surface area contributed by atoms with Gasteiger partial charge in [0.2, 0.25) is 0 Å². The second-order valence-electron chi connectivity index (χ2n) is 5.84. The summed E-state index contributed by atoms with van der Waals surface area (Å²) in [6.07, 6.45) is 1.63. The van der Waals surface area contributed by atoms with E-state index in [1.54, 1.807) is 41.9 Å². The summed E-state index contributed by atoms with van der Waals surface area (Å²) < 4.78 is 5.86. The van der Waals surface area contributed by atoms with Gasteiger partial charge in [-0.3, -0.25) is 14.9 Å². The summed E-state index contributed by atoms with van der Waals surface area (Å²) in [5.74, 6) is 0.236. The molecule has 6 heteroatoms. The van der Waals surface area contributed by atoms with Gasteiger partial charge >= 0.3 is 0 Å². The van der Waals surface area contributed by atoms with E-state index in [1.807, 2.05) is 19.1 Å². The van der Waals surface area contributed by atoms with Crippen molar-refractivity contribution in [2.75, 3.05) is 5.32 Å². The Morgan fingerprint density at radius 3 is 2.65 bits per heavy atom. The molecule has 26 heavy (non-hydrogen) atoms. The minimum absolute atomic E-state index is 0.0875. The summed E-state index contributed by atoms with van der Waals surface area (Å²) in [4.78, 5) is 28.6. The molecule has 0 atom stereocenters. The lowest BCUT2D eigenvalue weighted by Gasteiger charge is -2.06. The van der Waals surface area contributed by atoms with Crippen molar-refractivity contribution in [3.8, 4) is 11.3 Å². The Balaban J connectivity index is 1.64. The Labute approximate surface area is 152 Å². The first-order valence-electron chi connectivity index (χ1n) is 7.96. The third-order valence-corrected chi connectivity index (χ3v) is 4.66. The largest absolute Gasteiger partial charge is 0.456 e. The van der Waals surface area contributed by atoms with Crippen molar-refractivity contribution < 1.29 is 9.21 Å². The first-order chi connectivity index (χ1) is 12.6.